The van der Waals surface area contributed by atoms with Crippen molar-refractivity contribution >= 4 is 23.3 Å². The van der Waals surface area contributed by atoms with Crippen LogP contribution in [0.25, 0.3) is 5.57 Å². The van der Waals surface area contributed by atoms with E-state index in [2.05, 4.69) is 30.9 Å². The molecular formula is C28H41ClN2O4. The lowest BCUT2D eigenvalue weighted by atomic mass is 9.71. The van der Waals surface area contributed by atoms with E-state index in [0.717, 1.165) is 37.4 Å². The Kier molecular flexibility index (Phi) is 8.16. The molecule has 1 aromatic carbocycles. The van der Waals surface area contributed by atoms with Crippen molar-refractivity contribution < 1.29 is 19.0 Å². The number of rotatable bonds is 1. The van der Waals surface area contributed by atoms with Crippen LogP contribution in [0.5, 0.6) is 0 Å². The van der Waals surface area contributed by atoms with Gasteiger partial charge < -0.3 is 19.1 Å². The number of carbonyl (C=O) groups is 1. The van der Waals surface area contributed by atoms with Gasteiger partial charge in [0.2, 0.25) is 0 Å². The molecule has 0 unspecified atom stereocenters. The number of benzene rings is 1. The molecule has 7 heteroatoms. The van der Waals surface area contributed by atoms with Crippen LogP contribution in [0.1, 0.15) is 59.4 Å². The summed E-state index contributed by atoms with van der Waals surface area (Å²) >= 11 is 6.21. The Morgan fingerprint density at radius 3 is 2.60 bits per heavy atom. The molecular weight excluding hydrogens is 464 g/mol. The number of halogens is 1. The Labute approximate surface area is 215 Å². The van der Waals surface area contributed by atoms with Crippen molar-refractivity contribution in [1.29, 1.82) is 0 Å². The molecule has 6 nitrogen and oxygen atoms in total. The molecule has 2 heterocycles. The third-order valence-corrected chi connectivity index (χ3v) is 7.31. The number of piperazine rings is 1. The molecule has 1 aromatic rings. The van der Waals surface area contributed by atoms with E-state index < -0.39 is 5.60 Å². The third-order valence-electron chi connectivity index (χ3n) is 7.05. The molecule has 35 heavy (non-hydrogen) atoms. The molecule has 194 valence electrons. The quantitative estimate of drug-likeness (QED) is 0.495. The number of fused-ring (bicyclic) bond motifs is 2. The lowest BCUT2D eigenvalue weighted by Gasteiger charge is -2.44. The lowest BCUT2D eigenvalue weighted by Crippen LogP contribution is -2.57. The fourth-order valence-electron chi connectivity index (χ4n) is 5.36. The maximum atomic E-state index is 12.8. The number of ether oxygens (including phenoxy) is 3. The molecule has 4 rings (SSSR count). The van der Waals surface area contributed by atoms with E-state index >= 15 is 0 Å². The Bertz CT molecular complexity index is 922. The van der Waals surface area contributed by atoms with Crippen molar-refractivity contribution in [3.63, 3.8) is 0 Å². The fourth-order valence-corrected chi connectivity index (χ4v) is 5.48. The monoisotopic (exact) mass is 504 g/mol. The molecule has 2 atom stereocenters. The van der Waals surface area contributed by atoms with Gasteiger partial charge >= 0.3 is 6.09 Å². The minimum atomic E-state index is -0.503. The van der Waals surface area contributed by atoms with Crippen LogP contribution in [-0.4, -0.2) is 79.6 Å². The molecule has 2 fully saturated rings. The topological polar surface area (TPSA) is 51.2 Å². The van der Waals surface area contributed by atoms with Gasteiger partial charge in [-0.05, 0) is 74.3 Å². The van der Waals surface area contributed by atoms with Gasteiger partial charge in [0, 0.05) is 44.4 Å². The van der Waals surface area contributed by atoms with Crippen LogP contribution >= 0.6 is 11.6 Å². The molecule has 2 saturated heterocycles. The molecule has 0 spiro atoms. The highest BCUT2D eigenvalue weighted by atomic mass is 35.5. The van der Waals surface area contributed by atoms with E-state index in [1.165, 1.54) is 16.7 Å². The maximum Gasteiger partial charge on any atom is 0.410 e. The van der Waals surface area contributed by atoms with Gasteiger partial charge in [-0.25, -0.2) is 4.79 Å². The van der Waals surface area contributed by atoms with Gasteiger partial charge in [0.25, 0.3) is 0 Å². The van der Waals surface area contributed by atoms with E-state index in [-0.39, 0.29) is 23.7 Å². The van der Waals surface area contributed by atoms with Gasteiger partial charge in [-0.1, -0.05) is 37.6 Å². The number of nitrogens with zero attached hydrogens (tertiary/aromatic N) is 2. The van der Waals surface area contributed by atoms with Crippen molar-refractivity contribution in [3.05, 3.63) is 40.4 Å². The zero-order chi connectivity index (χ0) is 25.2. The first-order valence-electron chi connectivity index (χ1n) is 12.9. The van der Waals surface area contributed by atoms with Crippen molar-refractivity contribution in [1.82, 2.24) is 9.80 Å². The summed E-state index contributed by atoms with van der Waals surface area (Å²) in [4.78, 5) is 17.1. The summed E-state index contributed by atoms with van der Waals surface area (Å²) in [5.74, 6) is 0. The zero-order valence-electron chi connectivity index (χ0n) is 21.9. The second-order valence-electron chi connectivity index (χ2n) is 11.9. The maximum absolute atomic E-state index is 12.8. The molecule has 0 aromatic heterocycles. The molecule has 0 radical (unpaired) electrons. The summed E-state index contributed by atoms with van der Waals surface area (Å²) in [7, 11) is 0. The lowest BCUT2D eigenvalue weighted by molar-refractivity contribution is -0.0122. The zero-order valence-corrected chi connectivity index (χ0v) is 22.7. The van der Waals surface area contributed by atoms with E-state index in [1.807, 2.05) is 37.8 Å². The smallest absolute Gasteiger partial charge is 0.410 e. The Balaban J connectivity index is 1.64. The second kappa shape index (κ2) is 10.8. The summed E-state index contributed by atoms with van der Waals surface area (Å²) in [6.45, 7) is 15.2. The number of amides is 1. The average molecular weight is 505 g/mol. The van der Waals surface area contributed by atoms with Crippen LogP contribution < -0.4 is 0 Å². The van der Waals surface area contributed by atoms with Gasteiger partial charge in [0.1, 0.15) is 5.60 Å². The van der Waals surface area contributed by atoms with Crippen LogP contribution in [0.15, 0.2) is 29.8 Å². The average Bonchev–Trinajstić information content (AvgIpc) is 2.80. The summed E-state index contributed by atoms with van der Waals surface area (Å²) in [5, 5.41) is 0.750. The van der Waals surface area contributed by atoms with Crippen molar-refractivity contribution in [2.45, 2.75) is 71.6 Å². The van der Waals surface area contributed by atoms with E-state index in [1.54, 1.807) is 0 Å². The van der Waals surface area contributed by atoms with Gasteiger partial charge in [-0.15, -0.1) is 0 Å². The van der Waals surface area contributed by atoms with Crippen LogP contribution in [0.2, 0.25) is 5.02 Å². The first-order valence-corrected chi connectivity index (χ1v) is 13.3. The summed E-state index contributed by atoms with van der Waals surface area (Å²) in [5.41, 5.74) is 3.60. The highest BCUT2D eigenvalue weighted by Gasteiger charge is 2.39. The minimum absolute atomic E-state index is 0.0760. The van der Waals surface area contributed by atoms with Gasteiger partial charge in [-0.3, -0.25) is 4.90 Å². The van der Waals surface area contributed by atoms with Crippen molar-refractivity contribution in [3.8, 4) is 0 Å². The Morgan fingerprint density at radius 2 is 1.89 bits per heavy atom. The van der Waals surface area contributed by atoms with Gasteiger partial charge in [0.15, 0.2) is 0 Å². The van der Waals surface area contributed by atoms with Crippen LogP contribution in [0, 0.1) is 5.41 Å². The van der Waals surface area contributed by atoms with Crippen LogP contribution in [0.4, 0.5) is 4.79 Å². The first kappa shape index (κ1) is 26.5. The van der Waals surface area contributed by atoms with Crippen molar-refractivity contribution in [2.24, 2.45) is 5.41 Å². The molecule has 0 saturated carbocycles. The van der Waals surface area contributed by atoms with Gasteiger partial charge in [0.05, 0.1) is 18.8 Å². The predicted octanol–water partition coefficient (Wildman–Crippen LogP) is 5.64. The molecule has 3 aliphatic rings. The van der Waals surface area contributed by atoms with E-state index in [0.29, 0.717) is 32.9 Å². The number of carbonyl (C=O) groups excluding carboxylic acids is 1. The highest BCUT2D eigenvalue weighted by Crippen LogP contribution is 2.45. The molecule has 1 aliphatic carbocycles. The molecule has 0 N–H and O–H groups in total. The summed E-state index contributed by atoms with van der Waals surface area (Å²) in [6.07, 6.45) is 2.70. The van der Waals surface area contributed by atoms with Crippen LogP contribution in [0.3, 0.4) is 0 Å². The minimum Gasteiger partial charge on any atom is -0.444 e. The standard InChI is InChI=1S/C28H41ClN2O4/c1-27(2,3)35-26(32)31-12-11-30-18-24-23(20-7-9-21(29)10-8-20)15-28(4,5)16-25(24)34-14-6-13-33-19-22(30)17-31/h7-10,22,25H,6,11-19H2,1-5H3/t22-,25+/m0/s1. The summed E-state index contributed by atoms with van der Waals surface area (Å²) < 4.78 is 18.2. The molecule has 2 aliphatic heterocycles. The SMILES string of the molecule is CC1(C)CC(c2ccc(Cl)cc2)=C2CN3CCN(C(=O)OC(C)(C)C)C[C@H]3COCCCO[C@@H]2C1. The van der Waals surface area contributed by atoms with E-state index in [9.17, 15) is 4.79 Å². The highest BCUT2D eigenvalue weighted by molar-refractivity contribution is 6.30. The molecule has 0 bridgehead atoms. The molecule has 1 amide bonds. The van der Waals surface area contributed by atoms with E-state index in [4.69, 9.17) is 25.8 Å². The Hall–Kier alpha value is -1.60. The van der Waals surface area contributed by atoms with Gasteiger partial charge in [-0.2, -0.15) is 0 Å². The predicted molar refractivity (Wildman–Crippen MR) is 140 cm³/mol. The first-order chi connectivity index (χ1) is 16.5. The number of allylic oxidation sites excluding steroid dienone is 1. The number of hydrogen-bond donors (Lipinski definition) is 0. The summed E-state index contributed by atoms with van der Waals surface area (Å²) in [6, 6.07) is 8.33. The number of hydrogen-bond acceptors (Lipinski definition) is 5. The fraction of sp³-hybridized carbons (Fsp3) is 0.679. The third kappa shape index (κ3) is 7.00. The van der Waals surface area contributed by atoms with Crippen LogP contribution in [-0.2, 0) is 14.2 Å². The Morgan fingerprint density at radius 1 is 1.14 bits per heavy atom. The second-order valence-corrected chi connectivity index (χ2v) is 12.3. The largest absolute Gasteiger partial charge is 0.444 e. The van der Waals surface area contributed by atoms with Crippen molar-refractivity contribution in [2.75, 3.05) is 46.0 Å². The normalized spacial score (nSPS) is 26.4.